The molecule has 20 heavy (non-hydrogen) atoms. The summed E-state index contributed by atoms with van der Waals surface area (Å²) in [5.74, 6) is 1.40. The number of aromatic amines is 1. The molecule has 0 saturated heterocycles. The Kier molecular flexibility index (Phi) is 2.98. The number of rotatable bonds is 3. The summed E-state index contributed by atoms with van der Waals surface area (Å²) in [6, 6.07) is 6.49. The van der Waals surface area contributed by atoms with Gasteiger partial charge in [-0.15, -0.1) is 0 Å². The maximum atomic E-state index is 12.9. The second kappa shape index (κ2) is 4.80. The van der Waals surface area contributed by atoms with Crippen LogP contribution in [0.1, 0.15) is 0 Å². The molecule has 1 N–H and O–H groups in total. The summed E-state index contributed by atoms with van der Waals surface area (Å²) >= 11 is 0. The van der Waals surface area contributed by atoms with Gasteiger partial charge in [0.05, 0.1) is 31.4 Å². The van der Waals surface area contributed by atoms with Crippen LogP contribution in [0.3, 0.4) is 0 Å². The van der Waals surface area contributed by atoms with Crippen LogP contribution in [0.15, 0.2) is 30.5 Å². The molecule has 0 aliphatic carbocycles. The van der Waals surface area contributed by atoms with Gasteiger partial charge in [0, 0.05) is 12.1 Å². The lowest BCUT2D eigenvalue weighted by molar-refractivity contribution is 0.356. The highest BCUT2D eigenvalue weighted by Crippen LogP contribution is 2.32. The van der Waals surface area contributed by atoms with E-state index in [0.717, 1.165) is 17.2 Å². The van der Waals surface area contributed by atoms with E-state index in [4.69, 9.17) is 9.47 Å². The van der Waals surface area contributed by atoms with E-state index in [1.165, 1.54) is 6.07 Å². The van der Waals surface area contributed by atoms with Gasteiger partial charge in [0.1, 0.15) is 11.5 Å². The number of fused-ring (bicyclic) bond motifs is 1. The highest BCUT2D eigenvalue weighted by molar-refractivity contribution is 5.82. The van der Waals surface area contributed by atoms with Crippen molar-refractivity contribution in [2.24, 2.45) is 0 Å². The van der Waals surface area contributed by atoms with Crippen LogP contribution in [0.4, 0.5) is 4.39 Å². The lowest BCUT2D eigenvalue weighted by Crippen LogP contribution is -1.89. The number of benzene rings is 1. The number of H-pyrrole nitrogens is 1. The van der Waals surface area contributed by atoms with E-state index in [0.29, 0.717) is 23.0 Å². The van der Waals surface area contributed by atoms with E-state index < -0.39 is 0 Å². The van der Waals surface area contributed by atoms with Gasteiger partial charge in [0.25, 0.3) is 0 Å². The molecule has 5 nitrogen and oxygen atoms in total. The predicted octanol–water partition coefficient (Wildman–Crippen LogP) is 2.78. The van der Waals surface area contributed by atoms with Crippen molar-refractivity contribution in [3.63, 3.8) is 0 Å². The lowest BCUT2D eigenvalue weighted by atomic mass is 10.3. The average molecular weight is 273 g/mol. The molecule has 0 saturated carbocycles. The molecular formula is C14H12FN3O2. The predicted molar refractivity (Wildman–Crippen MR) is 72.4 cm³/mol. The van der Waals surface area contributed by atoms with Crippen LogP contribution >= 0.6 is 0 Å². The molecule has 1 aromatic carbocycles. The van der Waals surface area contributed by atoms with Crippen LogP contribution < -0.4 is 9.47 Å². The van der Waals surface area contributed by atoms with Gasteiger partial charge in [-0.3, -0.25) is 0 Å². The number of ether oxygens (including phenoxy) is 2. The Bertz CT molecular complexity index is 712. The highest BCUT2D eigenvalue weighted by atomic mass is 19.1. The smallest absolute Gasteiger partial charge is 0.163 e. The summed E-state index contributed by atoms with van der Waals surface area (Å²) in [4.78, 5) is 11.5. The molecule has 3 aromatic rings. The number of hydrogen-bond acceptors (Lipinski definition) is 4. The largest absolute Gasteiger partial charge is 0.493 e. The Labute approximate surface area is 114 Å². The van der Waals surface area contributed by atoms with Crippen molar-refractivity contribution in [3.05, 3.63) is 36.3 Å². The third kappa shape index (κ3) is 2.05. The number of hydrogen-bond donors (Lipinski definition) is 1. The third-order valence-corrected chi connectivity index (χ3v) is 2.96. The van der Waals surface area contributed by atoms with Gasteiger partial charge in [-0.1, -0.05) is 0 Å². The number of imidazole rings is 1. The minimum atomic E-state index is -0.381. The fraction of sp³-hybridized carbons (Fsp3) is 0.143. The number of halogens is 1. The zero-order valence-corrected chi connectivity index (χ0v) is 11.0. The molecule has 2 heterocycles. The van der Waals surface area contributed by atoms with E-state index >= 15 is 0 Å². The van der Waals surface area contributed by atoms with Gasteiger partial charge in [0.15, 0.2) is 17.3 Å². The van der Waals surface area contributed by atoms with Gasteiger partial charge in [-0.05, 0) is 12.1 Å². The first-order valence-corrected chi connectivity index (χ1v) is 5.95. The molecule has 0 bridgehead atoms. The van der Waals surface area contributed by atoms with Crippen LogP contribution in [-0.4, -0.2) is 29.2 Å². The Balaban J connectivity index is 2.12. The van der Waals surface area contributed by atoms with Gasteiger partial charge in [0.2, 0.25) is 0 Å². The fourth-order valence-corrected chi connectivity index (χ4v) is 1.97. The summed E-state index contributed by atoms with van der Waals surface area (Å²) in [5.41, 5.74) is 2.09. The van der Waals surface area contributed by atoms with Crippen molar-refractivity contribution < 1.29 is 13.9 Å². The monoisotopic (exact) mass is 273 g/mol. The summed E-state index contributed by atoms with van der Waals surface area (Å²) in [5, 5.41) is 0. The standard InChI is InChI=1S/C14H12FN3O2/c1-19-12-5-10-11(6-13(12)20-2)18-14(17-10)9-4-3-8(15)7-16-9/h3-7H,1-2H3,(H,17,18). The normalized spacial score (nSPS) is 10.8. The molecule has 6 heteroatoms. The molecule has 0 aliphatic heterocycles. The number of pyridine rings is 1. The van der Waals surface area contributed by atoms with E-state index in [1.54, 1.807) is 32.4 Å². The number of nitrogens with zero attached hydrogens (tertiary/aromatic N) is 2. The zero-order valence-electron chi connectivity index (χ0n) is 11.0. The van der Waals surface area contributed by atoms with E-state index in [9.17, 15) is 4.39 Å². The molecule has 0 spiro atoms. The van der Waals surface area contributed by atoms with Crippen molar-refractivity contribution in [2.45, 2.75) is 0 Å². The minimum Gasteiger partial charge on any atom is -0.493 e. The van der Waals surface area contributed by atoms with Crippen LogP contribution in [0.25, 0.3) is 22.6 Å². The highest BCUT2D eigenvalue weighted by Gasteiger charge is 2.11. The van der Waals surface area contributed by atoms with Crippen molar-refractivity contribution in [3.8, 4) is 23.0 Å². The third-order valence-electron chi connectivity index (χ3n) is 2.96. The maximum Gasteiger partial charge on any atom is 0.163 e. The molecule has 102 valence electrons. The minimum absolute atomic E-state index is 0.381. The molecule has 0 atom stereocenters. The Morgan fingerprint density at radius 2 is 1.85 bits per heavy atom. The Morgan fingerprint density at radius 1 is 1.10 bits per heavy atom. The van der Waals surface area contributed by atoms with Gasteiger partial charge in [-0.25, -0.2) is 14.4 Å². The van der Waals surface area contributed by atoms with Gasteiger partial charge >= 0.3 is 0 Å². The van der Waals surface area contributed by atoms with E-state index in [1.807, 2.05) is 0 Å². The Hall–Kier alpha value is -2.63. The molecule has 0 radical (unpaired) electrons. The molecular weight excluding hydrogens is 261 g/mol. The first-order valence-electron chi connectivity index (χ1n) is 5.95. The van der Waals surface area contributed by atoms with E-state index in [2.05, 4.69) is 15.0 Å². The van der Waals surface area contributed by atoms with Crippen LogP contribution in [0, 0.1) is 5.82 Å². The quantitative estimate of drug-likeness (QED) is 0.797. The first kappa shape index (κ1) is 12.4. The Morgan fingerprint density at radius 3 is 2.50 bits per heavy atom. The number of nitrogens with one attached hydrogen (secondary N) is 1. The molecule has 0 amide bonds. The van der Waals surface area contributed by atoms with Crippen LogP contribution in [0.5, 0.6) is 11.5 Å². The second-order valence-electron chi connectivity index (χ2n) is 4.17. The summed E-state index contributed by atoms with van der Waals surface area (Å²) in [6.45, 7) is 0. The van der Waals surface area contributed by atoms with Crippen molar-refractivity contribution in [2.75, 3.05) is 14.2 Å². The number of aromatic nitrogens is 3. The molecule has 2 aromatic heterocycles. The molecule has 0 fully saturated rings. The van der Waals surface area contributed by atoms with Gasteiger partial charge < -0.3 is 14.5 Å². The summed E-state index contributed by atoms with van der Waals surface area (Å²) in [7, 11) is 3.14. The maximum absolute atomic E-state index is 12.9. The van der Waals surface area contributed by atoms with Crippen LogP contribution in [0.2, 0.25) is 0 Å². The molecule has 0 aliphatic rings. The summed E-state index contributed by atoms with van der Waals surface area (Å²) < 4.78 is 23.3. The summed E-state index contributed by atoms with van der Waals surface area (Å²) in [6.07, 6.45) is 1.16. The van der Waals surface area contributed by atoms with Crippen molar-refractivity contribution >= 4 is 11.0 Å². The van der Waals surface area contributed by atoms with Crippen LogP contribution in [-0.2, 0) is 0 Å². The zero-order chi connectivity index (χ0) is 14.1. The fourth-order valence-electron chi connectivity index (χ4n) is 1.97. The lowest BCUT2D eigenvalue weighted by Gasteiger charge is -2.06. The van der Waals surface area contributed by atoms with Gasteiger partial charge in [-0.2, -0.15) is 0 Å². The average Bonchev–Trinajstić information content (AvgIpc) is 2.89. The van der Waals surface area contributed by atoms with Crippen molar-refractivity contribution in [1.29, 1.82) is 0 Å². The van der Waals surface area contributed by atoms with Crippen molar-refractivity contribution in [1.82, 2.24) is 15.0 Å². The topological polar surface area (TPSA) is 60.0 Å². The second-order valence-corrected chi connectivity index (χ2v) is 4.17. The first-order chi connectivity index (χ1) is 9.71. The molecule has 3 rings (SSSR count). The SMILES string of the molecule is COc1cc2nc(-c3ccc(F)cn3)[nH]c2cc1OC. The van der Waals surface area contributed by atoms with E-state index in [-0.39, 0.29) is 5.82 Å². The number of methoxy groups -OCH3 is 2. The molecule has 0 unspecified atom stereocenters.